The van der Waals surface area contributed by atoms with Crippen molar-refractivity contribution < 1.29 is 19.4 Å². The molecule has 4 nitrogen and oxygen atoms in total. The zero-order valence-corrected chi connectivity index (χ0v) is 10.5. The third-order valence-electron chi connectivity index (χ3n) is 1.79. The van der Waals surface area contributed by atoms with Crippen molar-refractivity contribution in [2.45, 2.75) is 6.42 Å². The van der Waals surface area contributed by atoms with E-state index < -0.39 is 11.9 Å². The predicted octanol–water partition coefficient (Wildman–Crippen LogP) is 3.03. The van der Waals surface area contributed by atoms with Crippen LogP contribution in [0.2, 0.25) is 0 Å². The highest BCUT2D eigenvalue weighted by Crippen LogP contribution is 1.97. The van der Waals surface area contributed by atoms with E-state index in [0.29, 0.717) is 0 Å². The van der Waals surface area contributed by atoms with Crippen molar-refractivity contribution in [2.75, 3.05) is 0 Å². The number of aliphatic carboxylic acids is 1. The number of carboxylic acid groups (broad SMARTS) is 1. The number of esters is 1. The van der Waals surface area contributed by atoms with Crippen molar-refractivity contribution in [3.8, 4) is 0 Å². The molecular formula is C15H16O4. The van der Waals surface area contributed by atoms with E-state index in [-0.39, 0.29) is 6.42 Å². The van der Waals surface area contributed by atoms with Gasteiger partial charge in [-0.2, -0.15) is 0 Å². The largest absolute Gasteiger partial charge is 0.478 e. The molecule has 1 aromatic rings. The molecule has 1 N–H and O–H groups in total. The highest BCUT2D eigenvalue weighted by atomic mass is 16.5. The van der Waals surface area contributed by atoms with Gasteiger partial charge in [-0.1, -0.05) is 55.6 Å². The monoisotopic (exact) mass is 260 g/mol. The van der Waals surface area contributed by atoms with Crippen LogP contribution in [0.15, 0.2) is 61.9 Å². The molecule has 0 unspecified atom stereocenters. The second kappa shape index (κ2) is 10.5. The van der Waals surface area contributed by atoms with Crippen molar-refractivity contribution in [3.05, 3.63) is 67.5 Å². The fraction of sp³-hybridized carbons (Fsp3) is 0.0667. The second-order valence-corrected chi connectivity index (χ2v) is 3.22. The second-order valence-electron chi connectivity index (χ2n) is 3.22. The Bertz CT molecular complexity index is 446. The summed E-state index contributed by atoms with van der Waals surface area (Å²) in [6.07, 6.45) is 4.85. The molecule has 1 aromatic carbocycles. The molecule has 0 aliphatic rings. The smallest absolute Gasteiger partial charge is 0.327 e. The van der Waals surface area contributed by atoms with Gasteiger partial charge in [-0.3, -0.25) is 4.79 Å². The highest BCUT2D eigenvalue weighted by molar-refractivity contribution is 5.81. The Hall–Kier alpha value is -2.62. The molecule has 0 radical (unpaired) electrons. The summed E-state index contributed by atoms with van der Waals surface area (Å²) in [5.74, 6) is -1.62. The van der Waals surface area contributed by atoms with Gasteiger partial charge in [0.25, 0.3) is 0 Å². The van der Waals surface area contributed by atoms with E-state index >= 15 is 0 Å². The van der Waals surface area contributed by atoms with Crippen LogP contribution < -0.4 is 0 Å². The molecular weight excluding hydrogens is 244 g/mol. The van der Waals surface area contributed by atoms with E-state index in [0.717, 1.165) is 12.3 Å². The average Bonchev–Trinajstić information content (AvgIpc) is 2.40. The van der Waals surface area contributed by atoms with Crippen molar-refractivity contribution in [1.82, 2.24) is 0 Å². The Morgan fingerprint density at radius 3 is 2.26 bits per heavy atom. The molecule has 0 fully saturated rings. The number of carbonyl (C=O) groups excluding carboxylic acids is 1. The molecule has 0 saturated carbocycles. The van der Waals surface area contributed by atoms with Gasteiger partial charge in [0.15, 0.2) is 0 Å². The molecule has 0 saturated heterocycles. The molecule has 4 heteroatoms. The molecule has 0 heterocycles. The Morgan fingerprint density at radius 1 is 1.21 bits per heavy atom. The molecule has 0 atom stereocenters. The first-order valence-electron chi connectivity index (χ1n) is 5.47. The maximum atomic E-state index is 10.5. The fourth-order valence-corrected chi connectivity index (χ4v) is 0.986. The Balaban J connectivity index is 0.000000356. The highest BCUT2D eigenvalue weighted by Gasteiger charge is 1.95. The number of carboxylic acids is 1. The minimum atomic E-state index is -1.09. The summed E-state index contributed by atoms with van der Waals surface area (Å²) in [5, 5.41) is 8.10. The lowest BCUT2D eigenvalue weighted by atomic mass is 10.2. The van der Waals surface area contributed by atoms with Crippen LogP contribution in [-0.4, -0.2) is 17.0 Å². The fourth-order valence-electron chi connectivity index (χ4n) is 0.986. The molecule has 100 valence electrons. The minimum absolute atomic E-state index is 0.0572. The van der Waals surface area contributed by atoms with Gasteiger partial charge in [0.05, 0.1) is 12.7 Å². The summed E-state index contributed by atoms with van der Waals surface area (Å²) >= 11 is 0. The van der Waals surface area contributed by atoms with E-state index in [9.17, 15) is 9.59 Å². The minimum Gasteiger partial charge on any atom is -0.478 e. The molecule has 19 heavy (non-hydrogen) atoms. The van der Waals surface area contributed by atoms with Gasteiger partial charge in [-0.25, -0.2) is 4.79 Å². The first kappa shape index (κ1) is 16.4. The summed E-state index contributed by atoms with van der Waals surface area (Å²) in [5.41, 5.74) is 1.17. The summed E-state index contributed by atoms with van der Waals surface area (Å²) in [6, 6.07) is 10.0. The van der Waals surface area contributed by atoms with Gasteiger partial charge >= 0.3 is 11.9 Å². The van der Waals surface area contributed by atoms with E-state index in [1.807, 2.05) is 36.4 Å². The topological polar surface area (TPSA) is 63.6 Å². The van der Waals surface area contributed by atoms with Crippen LogP contribution in [0.3, 0.4) is 0 Å². The molecule has 0 aliphatic carbocycles. The SMILES string of the molecule is C=COC(=O)CC=CC(=O)O.C=Cc1ccccc1. The number of carbonyl (C=O) groups is 2. The van der Waals surface area contributed by atoms with E-state index in [1.54, 1.807) is 0 Å². The van der Waals surface area contributed by atoms with Crippen molar-refractivity contribution in [3.63, 3.8) is 0 Å². The van der Waals surface area contributed by atoms with Crippen LogP contribution in [0.5, 0.6) is 0 Å². The molecule has 0 amide bonds. The number of hydrogen-bond donors (Lipinski definition) is 1. The molecule has 0 aromatic heterocycles. The van der Waals surface area contributed by atoms with Crippen molar-refractivity contribution in [2.24, 2.45) is 0 Å². The zero-order valence-electron chi connectivity index (χ0n) is 10.5. The van der Waals surface area contributed by atoms with Gasteiger partial charge < -0.3 is 9.84 Å². The summed E-state index contributed by atoms with van der Waals surface area (Å²) in [6.45, 7) is 6.79. The third-order valence-corrected chi connectivity index (χ3v) is 1.79. The van der Waals surface area contributed by atoms with E-state index in [4.69, 9.17) is 5.11 Å². The Labute approximate surface area is 112 Å². The third kappa shape index (κ3) is 10.3. The summed E-state index contributed by atoms with van der Waals surface area (Å²) < 4.78 is 4.30. The summed E-state index contributed by atoms with van der Waals surface area (Å²) in [7, 11) is 0. The lowest BCUT2D eigenvalue weighted by molar-refractivity contribution is -0.136. The Morgan fingerprint density at radius 2 is 1.84 bits per heavy atom. The maximum absolute atomic E-state index is 10.5. The quantitative estimate of drug-likeness (QED) is 0.502. The van der Waals surface area contributed by atoms with Crippen LogP contribution >= 0.6 is 0 Å². The van der Waals surface area contributed by atoms with E-state index in [2.05, 4.69) is 17.9 Å². The Kier molecular flexibility index (Phi) is 9.08. The normalized spacial score (nSPS) is 9.05. The van der Waals surface area contributed by atoms with Gasteiger partial charge in [-0.15, -0.1) is 0 Å². The molecule has 0 bridgehead atoms. The van der Waals surface area contributed by atoms with Crippen molar-refractivity contribution >= 4 is 18.0 Å². The summed E-state index contributed by atoms with van der Waals surface area (Å²) in [4.78, 5) is 20.4. The molecule has 1 rings (SSSR count). The number of rotatable bonds is 5. The number of hydrogen-bond acceptors (Lipinski definition) is 3. The van der Waals surface area contributed by atoms with Crippen LogP contribution in [0.4, 0.5) is 0 Å². The van der Waals surface area contributed by atoms with Gasteiger partial charge in [0.1, 0.15) is 0 Å². The first-order valence-corrected chi connectivity index (χ1v) is 5.47. The molecule has 0 spiro atoms. The lowest BCUT2D eigenvalue weighted by Gasteiger charge is -1.91. The van der Waals surface area contributed by atoms with Crippen molar-refractivity contribution in [1.29, 1.82) is 0 Å². The van der Waals surface area contributed by atoms with E-state index in [1.165, 1.54) is 11.6 Å². The van der Waals surface area contributed by atoms with Crippen LogP contribution in [0.25, 0.3) is 6.08 Å². The van der Waals surface area contributed by atoms with Gasteiger partial charge in [-0.05, 0) is 5.56 Å². The standard InChI is InChI=1S/C8H8.C7H8O4/c1-2-8-6-4-3-5-7-8;1-2-11-7(10)5-3-4-6(8)9/h2-7H,1H2;2-4H,1,5H2,(H,8,9). The number of ether oxygens (including phenoxy) is 1. The maximum Gasteiger partial charge on any atom is 0.327 e. The average molecular weight is 260 g/mol. The number of benzene rings is 1. The zero-order chi connectivity index (χ0) is 14.5. The van der Waals surface area contributed by atoms with Gasteiger partial charge in [0.2, 0.25) is 0 Å². The lowest BCUT2D eigenvalue weighted by Crippen LogP contribution is -1.96. The predicted molar refractivity (Wildman–Crippen MR) is 74.2 cm³/mol. The van der Waals surface area contributed by atoms with Crippen LogP contribution in [0.1, 0.15) is 12.0 Å². The first-order chi connectivity index (χ1) is 9.10. The van der Waals surface area contributed by atoms with Crippen LogP contribution in [-0.2, 0) is 14.3 Å². The van der Waals surface area contributed by atoms with Crippen LogP contribution in [0, 0.1) is 0 Å². The molecule has 0 aliphatic heterocycles. The van der Waals surface area contributed by atoms with Gasteiger partial charge in [0, 0.05) is 6.08 Å².